The fourth-order valence-electron chi connectivity index (χ4n) is 0.871. The summed E-state index contributed by atoms with van der Waals surface area (Å²) in [6.45, 7) is 0. The molecule has 0 amide bonds. The second-order valence-electron chi connectivity index (χ2n) is 2.48. The Morgan fingerprint density at radius 1 is 1.60 bits per heavy atom. The number of ether oxygens (including phenoxy) is 1. The number of carbonyl (C=O) groups excluding carboxylic acids is 1. The van der Waals surface area contributed by atoms with Crippen LogP contribution in [0.15, 0.2) is 10.5 Å². The fourth-order valence-corrected chi connectivity index (χ4v) is 1.29. The minimum absolute atomic E-state index is 0.256. The molecule has 1 heterocycles. The van der Waals surface area contributed by atoms with Crippen LogP contribution in [0, 0.1) is 5.82 Å². The number of aromatic nitrogens is 1. The number of methoxy groups -OCH3 is 1. The van der Waals surface area contributed by atoms with Gasteiger partial charge in [-0.1, -0.05) is 0 Å². The van der Waals surface area contributed by atoms with Crippen LogP contribution >= 0.6 is 15.9 Å². The highest BCUT2D eigenvalue weighted by atomic mass is 79.9. The van der Waals surface area contributed by atoms with E-state index in [1.165, 1.54) is 0 Å². The third-order valence-corrected chi connectivity index (χ3v) is 2.12. The maximum Gasteiger partial charge on any atom is 0.356 e. The molecule has 0 fully saturated rings. The van der Waals surface area contributed by atoms with Crippen LogP contribution < -0.4 is 0 Å². The van der Waals surface area contributed by atoms with E-state index < -0.39 is 23.9 Å². The molecule has 0 bridgehead atoms. The number of hydrogen-bond acceptors (Lipinski definition) is 3. The number of rotatable bonds is 2. The Morgan fingerprint density at radius 2 is 2.20 bits per heavy atom. The molecular formula is C8H5BrF3NO2. The summed E-state index contributed by atoms with van der Waals surface area (Å²) in [5, 5.41) is 0. The van der Waals surface area contributed by atoms with E-state index in [1.807, 2.05) is 0 Å². The Hall–Kier alpha value is -1.11. The molecule has 1 rings (SSSR count). The second-order valence-corrected chi connectivity index (χ2v) is 3.34. The molecule has 3 nitrogen and oxygen atoms in total. The van der Waals surface area contributed by atoms with Gasteiger partial charge in [-0.15, -0.1) is 0 Å². The molecule has 0 radical (unpaired) electrons. The highest BCUT2D eigenvalue weighted by Crippen LogP contribution is 2.26. The molecule has 0 unspecified atom stereocenters. The predicted octanol–water partition coefficient (Wildman–Crippen LogP) is 2.71. The van der Waals surface area contributed by atoms with Gasteiger partial charge in [0.1, 0.15) is 11.4 Å². The zero-order valence-electron chi connectivity index (χ0n) is 7.43. The maximum absolute atomic E-state index is 13.1. The molecular weight excluding hydrogens is 279 g/mol. The molecule has 0 atom stereocenters. The van der Waals surface area contributed by atoms with Crippen LogP contribution in [-0.4, -0.2) is 18.1 Å². The SMILES string of the molecule is COC(=O)c1cc(Br)c(F)c(C(F)F)n1. The maximum atomic E-state index is 13.1. The van der Waals surface area contributed by atoms with E-state index in [0.717, 1.165) is 13.2 Å². The largest absolute Gasteiger partial charge is 0.464 e. The van der Waals surface area contributed by atoms with Crippen LogP contribution in [-0.2, 0) is 4.74 Å². The standard InChI is InChI=1S/C8H5BrF3NO2/c1-15-8(14)4-2-3(9)5(10)6(13-4)7(11)12/h2,7H,1H3. The number of pyridine rings is 1. The molecule has 0 aliphatic carbocycles. The number of carbonyl (C=O) groups is 1. The van der Waals surface area contributed by atoms with Gasteiger partial charge >= 0.3 is 5.97 Å². The summed E-state index contributed by atoms with van der Waals surface area (Å²) in [5.74, 6) is -2.09. The lowest BCUT2D eigenvalue weighted by atomic mass is 10.3. The van der Waals surface area contributed by atoms with Gasteiger partial charge in [0.15, 0.2) is 5.82 Å². The van der Waals surface area contributed by atoms with Gasteiger partial charge in [-0.05, 0) is 22.0 Å². The fraction of sp³-hybridized carbons (Fsp3) is 0.250. The Morgan fingerprint density at radius 3 is 2.67 bits per heavy atom. The molecule has 7 heteroatoms. The van der Waals surface area contributed by atoms with E-state index in [9.17, 15) is 18.0 Å². The quantitative estimate of drug-likeness (QED) is 0.784. The molecule has 0 N–H and O–H groups in total. The van der Waals surface area contributed by atoms with Crippen molar-refractivity contribution >= 4 is 21.9 Å². The normalized spacial score (nSPS) is 10.5. The number of nitrogens with zero attached hydrogens (tertiary/aromatic N) is 1. The first kappa shape index (κ1) is 12.0. The smallest absolute Gasteiger partial charge is 0.356 e. The highest BCUT2D eigenvalue weighted by molar-refractivity contribution is 9.10. The van der Waals surface area contributed by atoms with E-state index in [4.69, 9.17) is 0 Å². The van der Waals surface area contributed by atoms with Crippen molar-refractivity contribution in [3.05, 3.63) is 27.7 Å². The average molecular weight is 284 g/mol. The zero-order valence-corrected chi connectivity index (χ0v) is 9.02. The molecule has 0 aromatic carbocycles. The predicted molar refractivity (Wildman–Crippen MR) is 48.2 cm³/mol. The molecule has 1 aromatic rings. The Labute approximate surface area is 91.4 Å². The Balaban J connectivity index is 3.29. The number of alkyl halides is 2. The molecule has 0 saturated heterocycles. The van der Waals surface area contributed by atoms with Crippen molar-refractivity contribution in [1.82, 2.24) is 4.98 Å². The molecule has 0 aliphatic heterocycles. The lowest BCUT2D eigenvalue weighted by Crippen LogP contribution is -2.08. The molecule has 82 valence electrons. The number of halogens is 4. The summed E-state index contributed by atoms with van der Waals surface area (Å²) in [6, 6.07) is 0.979. The van der Waals surface area contributed by atoms with Crippen molar-refractivity contribution in [3.63, 3.8) is 0 Å². The van der Waals surface area contributed by atoms with E-state index in [-0.39, 0.29) is 10.2 Å². The topological polar surface area (TPSA) is 39.2 Å². The summed E-state index contributed by atoms with van der Waals surface area (Å²) in [4.78, 5) is 14.2. The summed E-state index contributed by atoms with van der Waals surface area (Å²) in [5.41, 5.74) is -1.45. The van der Waals surface area contributed by atoms with Gasteiger partial charge in [0.05, 0.1) is 11.6 Å². The van der Waals surface area contributed by atoms with Gasteiger partial charge in [0, 0.05) is 0 Å². The minimum atomic E-state index is -3.09. The van der Waals surface area contributed by atoms with Crippen LogP contribution in [0.5, 0.6) is 0 Å². The zero-order chi connectivity index (χ0) is 11.6. The van der Waals surface area contributed by atoms with Gasteiger partial charge < -0.3 is 4.74 Å². The average Bonchev–Trinajstić information content (AvgIpc) is 2.20. The van der Waals surface area contributed by atoms with Crippen LogP contribution in [0.4, 0.5) is 13.2 Å². The van der Waals surface area contributed by atoms with Gasteiger partial charge in [0.2, 0.25) is 0 Å². The third-order valence-electron chi connectivity index (χ3n) is 1.54. The Kier molecular flexibility index (Phi) is 3.67. The van der Waals surface area contributed by atoms with Gasteiger partial charge in [0.25, 0.3) is 6.43 Å². The number of esters is 1. The Bertz CT molecular complexity index is 398. The lowest BCUT2D eigenvalue weighted by molar-refractivity contribution is 0.0591. The van der Waals surface area contributed by atoms with Crippen LogP contribution in [0.25, 0.3) is 0 Å². The van der Waals surface area contributed by atoms with Crippen molar-refractivity contribution in [3.8, 4) is 0 Å². The van der Waals surface area contributed by atoms with Gasteiger partial charge in [-0.2, -0.15) is 0 Å². The molecule has 0 spiro atoms. The molecule has 15 heavy (non-hydrogen) atoms. The van der Waals surface area contributed by atoms with Crippen molar-refractivity contribution in [2.24, 2.45) is 0 Å². The summed E-state index contributed by atoms with van der Waals surface area (Å²) in [7, 11) is 1.07. The first-order chi connectivity index (χ1) is 6.97. The van der Waals surface area contributed by atoms with Gasteiger partial charge in [-0.3, -0.25) is 0 Å². The van der Waals surface area contributed by atoms with Crippen molar-refractivity contribution in [1.29, 1.82) is 0 Å². The molecule has 0 saturated carbocycles. The van der Waals surface area contributed by atoms with Crippen LogP contribution in [0.1, 0.15) is 22.6 Å². The second kappa shape index (κ2) is 4.61. The summed E-state index contributed by atoms with van der Waals surface area (Å²) in [6.07, 6.45) is -3.09. The third kappa shape index (κ3) is 2.47. The lowest BCUT2D eigenvalue weighted by Gasteiger charge is -2.05. The van der Waals surface area contributed by atoms with E-state index >= 15 is 0 Å². The van der Waals surface area contributed by atoms with E-state index in [0.29, 0.717) is 0 Å². The first-order valence-electron chi connectivity index (χ1n) is 3.69. The van der Waals surface area contributed by atoms with E-state index in [2.05, 4.69) is 25.7 Å². The molecule has 1 aromatic heterocycles. The van der Waals surface area contributed by atoms with Crippen LogP contribution in [0.3, 0.4) is 0 Å². The first-order valence-corrected chi connectivity index (χ1v) is 4.49. The highest BCUT2D eigenvalue weighted by Gasteiger charge is 2.21. The van der Waals surface area contributed by atoms with E-state index in [1.54, 1.807) is 0 Å². The van der Waals surface area contributed by atoms with Crippen molar-refractivity contribution < 1.29 is 22.7 Å². The van der Waals surface area contributed by atoms with Gasteiger partial charge in [-0.25, -0.2) is 22.9 Å². The van der Waals surface area contributed by atoms with Crippen LogP contribution in [0.2, 0.25) is 0 Å². The molecule has 0 aliphatic rings. The summed E-state index contributed by atoms with van der Waals surface area (Å²) < 4.78 is 41.6. The number of hydrogen-bond donors (Lipinski definition) is 0. The van der Waals surface area contributed by atoms with Crippen molar-refractivity contribution in [2.75, 3.05) is 7.11 Å². The van der Waals surface area contributed by atoms with Crippen molar-refractivity contribution in [2.45, 2.75) is 6.43 Å². The minimum Gasteiger partial charge on any atom is -0.464 e. The monoisotopic (exact) mass is 283 g/mol. The summed E-state index contributed by atoms with van der Waals surface area (Å²) >= 11 is 2.71.